The van der Waals surface area contributed by atoms with Gasteiger partial charge < -0.3 is 20.6 Å². The van der Waals surface area contributed by atoms with E-state index in [9.17, 15) is 24.9 Å². The Bertz CT molecular complexity index is 794. The maximum absolute atomic E-state index is 12.7. The maximum Gasteiger partial charge on any atom is 0.259 e. The molecule has 0 aromatic heterocycles. The molecular formula is C22H29NO5. The number of aromatic hydroxyl groups is 1. The summed E-state index contributed by atoms with van der Waals surface area (Å²) in [6.45, 7) is 7.87. The van der Waals surface area contributed by atoms with Crippen LogP contribution in [-0.2, 0) is 9.59 Å². The van der Waals surface area contributed by atoms with Crippen LogP contribution in [0.1, 0.15) is 52.2 Å². The van der Waals surface area contributed by atoms with Crippen molar-refractivity contribution in [2.45, 2.75) is 52.7 Å². The van der Waals surface area contributed by atoms with Gasteiger partial charge in [-0.05, 0) is 50.3 Å². The highest BCUT2D eigenvalue weighted by molar-refractivity contribution is 6.27. The summed E-state index contributed by atoms with van der Waals surface area (Å²) in [5.41, 5.74) is 1.37. The molecule has 4 atom stereocenters. The Balaban J connectivity index is 2.17. The van der Waals surface area contributed by atoms with Gasteiger partial charge in [0.25, 0.3) is 5.91 Å². The first-order valence-electron chi connectivity index (χ1n) is 9.52. The van der Waals surface area contributed by atoms with Crippen LogP contribution in [0.2, 0.25) is 0 Å². The van der Waals surface area contributed by atoms with Crippen molar-refractivity contribution in [1.82, 2.24) is 5.32 Å². The van der Waals surface area contributed by atoms with E-state index >= 15 is 0 Å². The van der Waals surface area contributed by atoms with Crippen LogP contribution in [0.4, 0.5) is 0 Å². The number of benzene rings is 1. The van der Waals surface area contributed by atoms with E-state index in [4.69, 9.17) is 0 Å². The second kappa shape index (κ2) is 9.06. The van der Waals surface area contributed by atoms with Gasteiger partial charge in [0.15, 0.2) is 5.78 Å². The molecule has 4 N–H and O–H groups in total. The van der Waals surface area contributed by atoms with E-state index in [1.165, 1.54) is 29.8 Å². The summed E-state index contributed by atoms with van der Waals surface area (Å²) in [7, 11) is 0. The number of allylic oxidation sites excluding steroid dienone is 3. The van der Waals surface area contributed by atoms with Crippen molar-refractivity contribution in [3.63, 3.8) is 0 Å². The van der Waals surface area contributed by atoms with Gasteiger partial charge in [0.05, 0.1) is 0 Å². The van der Waals surface area contributed by atoms with Crippen LogP contribution in [-0.4, -0.2) is 33.1 Å². The standard InChI is InChI=1S/C22H29NO5/c1-5-12(2)10-13(3)11-14(4)19(25)17-21(27)18(23-22(17)28)20(26)15-6-8-16(24)9-7-15/h5-9,13-14,18,20,24-26H,10-11H2,1-4H3,(H,23,28)/t13-,14-,18-,20-/m0/s1. The van der Waals surface area contributed by atoms with Crippen LogP contribution in [0.25, 0.3) is 0 Å². The Morgan fingerprint density at radius 2 is 1.82 bits per heavy atom. The van der Waals surface area contributed by atoms with Crippen LogP contribution in [0.15, 0.2) is 47.2 Å². The molecule has 1 aromatic carbocycles. The Labute approximate surface area is 165 Å². The molecule has 1 saturated heterocycles. The van der Waals surface area contributed by atoms with Gasteiger partial charge in [0.2, 0.25) is 0 Å². The van der Waals surface area contributed by atoms with Crippen LogP contribution in [0, 0.1) is 11.8 Å². The van der Waals surface area contributed by atoms with Crippen LogP contribution in [0.3, 0.4) is 0 Å². The molecule has 1 fully saturated rings. The predicted octanol–water partition coefficient (Wildman–Crippen LogP) is 3.32. The van der Waals surface area contributed by atoms with Gasteiger partial charge in [-0.25, -0.2) is 0 Å². The molecule has 2 rings (SSSR count). The summed E-state index contributed by atoms with van der Waals surface area (Å²) in [6, 6.07) is 4.59. The average Bonchev–Trinajstić information content (AvgIpc) is 2.95. The largest absolute Gasteiger partial charge is 0.511 e. The number of hydrogen-bond acceptors (Lipinski definition) is 5. The molecule has 1 aliphatic rings. The number of Topliss-reactive ketones (excluding diaryl/α,β-unsaturated/α-hetero) is 1. The minimum atomic E-state index is -1.27. The third-order valence-electron chi connectivity index (χ3n) is 5.23. The fourth-order valence-corrected chi connectivity index (χ4v) is 3.59. The molecule has 1 aromatic rings. The van der Waals surface area contributed by atoms with Gasteiger partial charge in [0.1, 0.15) is 29.2 Å². The lowest BCUT2D eigenvalue weighted by molar-refractivity contribution is -0.118. The number of phenolic OH excluding ortho intramolecular Hbond substituents is 1. The molecule has 1 amide bonds. The molecule has 28 heavy (non-hydrogen) atoms. The molecule has 0 unspecified atom stereocenters. The molecule has 0 radical (unpaired) electrons. The zero-order valence-corrected chi connectivity index (χ0v) is 16.8. The number of aliphatic hydroxyl groups is 2. The summed E-state index contributed by atoms with van der Waals surface area (Å²) in [5, 5.41) is 32.9. The zero-order valence-electron chi connectivity index (χ0n) is 16.8. The van der Waals surface area contributed by atoms with Gasteiger partial charge in [-0.3, -0.25) is 9.59 Å². The summed E-state index contributed by atoms with van der Waals surface area (Å²) in [5.74, 6) is -1.55. The predicted molar refractivity (Wildman–Crippen MR) is 107 cm³/mol. The van der Waals surface area contributed by atoms with E-state index < -0.39 is 23.8 Å². The second-order valence-corrected chi connectivity index (χ2v) is 7.69. The molecule has 0 saturated carbocycles. The number of aliphatic hydroxyl groups excluding tert-OH is 2. The number of hydrogen-bond donors (Lipinski definition) is 4. The molecule has 1 aliphatic heterocycles. The van der Waals surface area contributed by atoms with E-state index in [0.29, 0.717) is 12.0 Å². The number of phenols is 1. The molecule has 152 valence electrons. The third-order valence-corrected chi connectivity index (χ3v) is 5.23. The van der Waals surface area contributed by atoms with Crippen LogP contribution in [0.5, 0.6) is 5.75 Å². The fraction of sp³-hybridized carbons (Fsp3) is 0.455. The van der Waals surface area contributed by atoms with E-state index in [2.05, 4.69) is 12.2 Å². The minimum absolute atomic E-state index is 0.0343. The molecule has 1 heterocycles. The summed E-state index contributed by atoms with van der Waals surface area (Å²) >= 11 is 0. The minimum Gasteiger partial charge on any atom is -0.511 e. The number of rotatable bonds is 7. The number of carbonyl (C=O) groups is 2. The topological polar surface area (TPSA) is 107 Å². The van der Waals surface area contributed by atoms with E-state index in [1.807, 2.05) is 19.9 Å². The quantitative estimate of drug-likeness (QED) is 0.248. The molecule has 0 bridgehead atoms. The number of ketones is 1. The van der Waals surface area contributed by atoms with Gasteiger partial charge in [-0.2, -0.15) is 0 Å². The Morgan fingerprint density at radius 1 is 1.21 bits per heavy atom. The summed E-state index contributed by atoms with van der Waals surface area (Å²) in [4.78, 5) is 25.1. The first kappa shape index (κ1) is 21.7. The third kappa shape index (κ3) is 4.81. The van der Waals surface area contributed by atoms with Crippen molar-refractivity contribution in [2.75, 3.05) is 0 Å². The van der Waals surface area contributed by atoms with Crippen molar-refractivity contribution in [3.8, 4) is 5.75 Å². The van der Waals surface area contributed by atoms with Gasteiger partial charge in [-0.1, -0.05) is 37.6 Å². The van der Waals surface area contributed by atoms with Crippen molar-refractivity contribution in [1.29, 1.82) is 0 Å². The Hall–Kier alpha value is -2.60. The zero-order chi connectivity index (χ0) is 21.0. The van der Waals surface area contributed by atoms with Crippen molar-refractivity contribution >= 4 is 11.7 Å². The van der Waals surface area contributed by atoms with Gasteiger partial charge in [0, 0.05) is 5.92 Å². The van der Waals surface area contributed by atoms with E-state index in [-0.39, 0.29) is 28.9 Å². The maximum atomic E-state index is 12.7. The fourth-order valence-electron chi connectivity index (χ4n) is 3.59. The SMILES string of the molecule is CC=C(C)C[C@H](C)C[C@H](C)C(O)=C1C(=O)N[C@@H]([C@@H](O)c2ccc(O)cc2)C1=O. The Kier molecular flexibility index (Phi) is 7.02. The summed E-state index contributed by atoms with van der Waals surface area (Å²) < 4.78 is 0. The Morgan fingerprint density at radius 3 is 2.39 bits per heavy atom. The molecule has 6 nitrogen and oxygen atoms in total. The molecule has 0 aliphatic carbocycles. The number of carbonyl (C=O) groups excluding carboxylic acids is 2. The normalized spacial score (nSPS) is 22.6. The highest BCUT2D eigenvalue weighted by Crippen LogP contribution is 2.30. The first-order chi connectivity index (χ1) is 13.1. The first-order valence-corrected chi connectivity index (χ1v) is 9.52. The average molecular weight is 387 g/mol. The summed E-state index contributed by atoms with van der Waals surface area (Å²) in [6.07, 6.45) is 2.29. The number of amides is 1. The monoisotopic (exact) mass is 387 g/mol. The van der Waals surface area contributed by atoms with E-state index in [0.717, 1.165) is 6.42 Å². The van der Waals surface area contributed by atoms with Gasteiger partial charge in [-0.15, -0.1) is 0 Å². The highest BCUT2D eigenvalue weighted by Gasteiger charge is 2.43. The van der Waals surface area contributed by atoms with Crippen LogP contribution >= 0.6 is 0 Å². The second-order valence-electron chi connectivity index (χ2n) is 7.69. The number of nitrogens with one attached hydrogen (secondary N) is 1. The smallest absolute Gasteiger partial charge is 0.259 e. The van der Waals surface area contributed by atoms with E-state index in [1.54, 1.807) is 6.92 Å². The van der Waals surface area contributed by atoms with Crippen molar-refractivity contribution < 1.29 is 24.9 Å². The lowest BCUT2D eigenvalue weighted by atomic mass is 9.88. The van der Waals surface area contributed by atoms with Gasteiger partial charge >= 0.3 is 0 Å². The van der Waals surface area contributed by atoms with Crippen molar-refractivity contribution in [2.24, 2.45) is 11.8 Å². The lowest BCUT2D eigenvalue weighted by Gasteiger charge is -2.18. The molecule has 0 spiro atoms. The molecular weight excluding hydrogens is 358 g/mol. The lowest BCUT2D eigenvalue weighted by Crippen LogP contribution is -2.35. The molecule has 6 heteroatoms. The van der Waals surface area contributed by atoms with Crippen LogP contribution < -0.4 is 5.32 Å². The highest BCUT2D eigenvalue weighted by atomic mass is 16.3. The van der Waals surface area contributed by atoms with Crippen molar-refractivity contribution in [3.05, 3.63) is 52.8 Å².